The van der Waals surface area contributed by atoms with Crippen molar-refractivity contribution in [2.45, 2.75) is 90.6 Å². The van der Waals surface area contributed by atoms with Gasteiger partial charge in [0.2, 0.25) is 0 Å². The first-order valence-electron chi connectivity index (χ1n) is 7.17. The van der Waals surface area contributed by atoms with Crippen molar-refractivity contribution in [3.8, 4) is 0 Å². The van der Waals surface area contributed by atoms with E-state index in [1.54, 1.807) is 0 Å². The molecule has 0 fully saturated rings. The highest BCUT2D eigenvalue weighted by atomic mass is 28.3. The van der Waals surface area contributed by atoms with Crippen LogP contribution >= 0.6 is 0 Å². The lowest BCUT2D eigenvalue weighted by Crippen LogP contribution is -2.40. The molecule has 2 nitrogen and oxygen atoms in total. The van der Waals surface area contributed by atoms with Gasteiger partial charge in [-0.1, -0.05) is 67.7 Å². The van der Waals surface area contributed by atoms with E-state index in [-0.39, 0.29) is 16.0 Å². The molecule has 0 bridgehead atoms. The number of unbranched alkanes of at least 4 members (excludes halogenated alkanes) is 3. The first kappa shape index (κ1) is 17.7. The summed E-state index contributed by atoms with van der Waals surface area (Å²) in [7, 11) is -1.17. The van der Waals surface area contributed by atoms with Crippen LogP contribution in [0.5, 0.6) is 0 Å². The van der Waals surface area contributed by atoms with E-state index in [9.17, 15) is 4.79 Å². The van der Waals surface area contributed by atoms with Gasteiger partial charge in [0, 0.05) is 6.42 Å². The Balaban J connectivity index is 4.30. The number of carbonyl (C=O) groups is 1. The Kier molecular flexibility index (Phi) is 7.19. The van der Waals surface area contributed by atoms with Crippen LogP contribution < -0.4 is 0 Å². The molecule has 18 heavy (non-hydrogen) atoms. The molecule has 0 atom stereocenters. The van der Waals surface area contributed by atoms with Crippen LogP contribution in [-0.2, 0) is 9.22 Å². The van der Waals surface area contributed by atoms with Crippen LogP contribution in [0.25, 0.3) is 0 Å². The predicted octanol–water partition coefficient (Wildman–Crippen LogP) is 5.09. The van der Waals surface area contributed by atoms with Gasteiger partial charge in [-0.25, -0.2) is 0 Å². The minimum atomic E-state index is -1.17. The van der Waals surface area contributed by atoms with Crippen LogP contribution in [0.15, 0.2) is 0 Å². The van der Waals surface area contributed by atoms with Crippen molar-refractivity contribution in [2.24, 2.45) is 0 Å². The second kappa shape index (κ2) is 7.32. The van der Waals surface area contributed by atoms with Gasteiger partial charge in [-0.3, -0.25) is 4.79 Å². The lowest BCUT2D eigenvalue weighted by atomic mass is 10.2. The smallest absolute Gasteiger partial charge is 0.295 e. The monoisotopic (exact) mass is 271 g/mol. The Bertz CT molecular complexity index is 234. The minimum absolute atomic E-state index is 0.00448. The van der Waals surface area contributed by atoms with Crippen LogP contribution in [0.1, 0.15) is 80.6 Å². The lowest BCUT2D eigenvalue weighted by molar-refractivity contribution is -0.135. The number of hydrogen-bond donors (Lipinski definition) is 0. The van der Waals surface area contributed by atoms with Crippen molar-refractivity contribution in [1.29, 1.82) is 0 Å². The molecule has 0 aromatic heterocycles. The molecule has 0 N–H and O–H groups in total. The molecule has 0 rings (SSSR count). The summed E-state index contributed by atoms with van der Waals surface area (Å²) in [6.07, 6.45) is 5.10. The number of rotatable bonds is 6. The highest BCUT2D eigenvalue weighted by Gasteiger charge is 2.42. The normalized spacial score (nSPS) is 12.9. The average molecular weight is 271 g/mol. The van der Waals surface area contributed by atoms with E-state index in [0.717, 1.165) is 12.8 Å². The predicted molar refractivity (Wildman–Crippen MR) is 80.0 cm³/mol. The Morgan fingerprint density at radius 2 is 1.44 bits per heavy atom. The van der Waals surface area contributed by atoms with Gasteiger partial charge >= 0.3 is 0 Å². The number of carbonyl (C=O) groups excluding carboxylic acids is 1. The van der Waals surface area contributed by atoms with Crippen molar-refractivity contribution < 1.29 is 9.22 Å². The van der Waals surface area contributed by atoms with E-state index >= 15 is 0 Å². The molecule has 0 aliphatic heterocycles. The fourth-order valence-corrected chi connectivity index (χ4v) is 5.48. The molecule has 0 aromatic carbocycles. The standard InChI is InChI=1S/C15H31O2Si/c1-8-9-10-11-12-13(16)17-18(14(2,3)4)15(5,6)7/h8-12H2,1-7H3. The van der Waals surface area contributed by atoms with Gasteiger partial charge in [0.15, 0.2) is 0 Å². The van der Waals surface area contributed by atoms with Gasteiger partial charge in [-0.2, -0.15) is 0 Å². The summed E-state index contributed by atoms with van der Waals surface area (Å²) < 4.78 is 5.82. The maximum atomic E-state index is 11.9. The molecule has 0 amide bonds. The Hall–Kier alpha value is -0.313. The zero-order valence-electron chi connectivity index (χ0n) is 13.4. The van der Waals surface area contributed by atoms with Crippen LogP contribution in [0.2, 0.25) is 10.1 Å². The first-order valence-corrected chi connectivity index (χ1v) is 8.58. The first-order chi connectivity index (χ1) is 8.09. The highest BCUT2D eigenvalue weighted by Crippen LogP contribution is 2.42. The van der Waals surface area contributed by atoms with E-state index in [1.165, 1.54) is 12.8 Å². The molecule has 0 unspecified atom stereocenters. The summed E-state index contributed by atoms with van der Waals surface area (Å²) in [4.78, 5) is 11.9. The average Bonchev–Trinajstić information content (AvgIpc) is 2.18. The van der Waals surface area contributed by atoms with E-state index in [2.05, 4.69) is 48.5 Å². The third-order valence-electron chi connectivity index (χ3n) is 2.81. The summed E-state index contributed by atoms with van der Waals surface area (Å²) in [6.45, 7) is 15.2. The lowest BCUT2D eigenvalue weighted by Gasteiger charge is -2.36. The number of hydrogen-bond acceptors (Lipinski definition) is 2. The van der Waals surface area contributed by atoms with Crippen molar-refractivity contribution >= 4 is 15.0 Å². The summed E-state index contributed by atoms with van der Waals surface area (Å²) in [5.74, 6) is 0.00448. The largest absolute Gasteiger partial charge is 0.516 e. The zero-order valence-corrected chi connectivity index (χ0v) is 14.4. The molecule has 0 saturated heterocycles. The van der Waals surface area contributed by atoms with E-state index < -0.39 is 9.04 Å². The summed E-state index contributed by atoms with van der Waals surface area (Å²) >= 11 is 0. The van der Waals surface area contributed by atoms with Crippen LogP contribution in [0.4, 0.5) is 0 Å². The molecule has 0 spiro atoms. The molecule has 3 heteroatoms. The topological polar surface area (TPSA) is 26.3 Å². The fraction of sp³-hybridized carbons (Fsp3) is 0.933. The molecule has 1 radical (unpaired) electrons. The van der Waals surface area contributed by atoms with Gasteiger partial charge in [-0.05, 0) is 16.5 Å². The summed E-state index contributed by atoms with van der Waals surface area (Å²) in [5.41, 5.74) is 0. The summed E-state index contributed by atoms with van der Waals surface area (Å²) in [5, 5.41) is 0.171. The molecular weight excluding hydrogens is 240 g/mol. The van der Waals surface area contributed by atoms with Gasteiger partial charge in [-0.15, -0.1) is 0 Å². The quantitative estimate of drug-likeness (QED) is 0.497. The van der Waals surface area contributed by atoms with Crippen LogP contribution in [0, 0.1) is 0 Å². The Labute approximate surface area is 115 Å². The maximum Gasteiger partial charge on any atom is 0.295 e. The molecule has 0 heterocycles. The second-order valence-corrected chi connectivity index (χ2v) is 11.0. The molecular formula is C15H31O2Si. The minimum Gasteiger partial charge on any atom is -0.516 e. The maximum absolute atomic E-state index is 11.9. The Morgan fingerprint density at radius 1 is 0.944 bits per heavy atom. The van der Waals surface area contributed by atoms with Gasteiger partial charge in [0.1, 0.15) is 0 Å². The van der Waals surface area contributed by atoms with Crippen molar-refractivity contribution in [3.63, 3.8) is 0 Å². The molecule has 0 aromatic rings. The molecule has 107 valence electrons. The third kappa shape index (κ3) is 7.19. The van der Waals surface area contributed by atoms with E-state index in [4.69, 9.17) is 4.43 Å². The highest BCUT2D eigenvalue weighted by molar-refractivity contribution is 6.60. The summed E-state index contributed by atoms with van der Waals surface area (Å²) in [6, 6.07) is 0. The van der Waals surface area contributed by atoms with Crippen molar-refractivity contribution in [1.82, 2.24) is 0 Å². The van der Waals surface area contributed by atoms with E-state index in [1.807, 2.05) is 0 Å². The molecule has 0 saturated carbocycles. The fourth-order valence-electron chi connectivity index (χ4n) is 2.29. The van der Waals surface area contributed by atoms with Gasteiger partial charge in [0.05, 0.1) is 0 Å². The third-order valence-corrected chi connectivity index (χ3v) is 5.97. The van der Waals surface area contributed by atoms with Gasteiger partial charge < -0.3 is 4.43 Å². The second-order valence-electron chi connectivity index (χ2n) is 7.11. The zero-order chi connectivity index (χ0) is 14.4. The molecule has 0 aliphatic carbocycles. The van der Waals surface area contributed by atoms with Gasteiger partial charge in [0.25, 0.3) is 15.0 Å². The van der Waals surface area contributed by atoms with Crippen LogP contribution in [-0.4, -0.2) is 15.0 Å². The van der Waals surface area contributed by atoms with Crippen LogP contribution in [0.3, 0.4) is 0 Å². The van der Waals surface area contributed by atoms with E-state index in [0.29, 0.717) is 6.42 Å². The Morgan fingerprint density at radius 3 is 1.83 bits per heavy atom. The SMILES string of the molecule is CCCCCCC(=O)O[Si](C(C)(C)C)C(C)(C)C. The van der Waals surface area contributed by atoms with Crippen molar-refractivity contribution in [3.05, 3.63) is 0 Å². The molecule has 0 aliphatic rings. The van der Waals surface area contributed by atoms with Crippen molar-refractivity contribution in [2.75, 3.05) is 0 Å².